The van der Waals surface area contributed by atoms with E-state index < -0.39 is 16.0 Å². The topological polar surface area (TPSA) is 90.7 Å². The highest BCUT2D eigenvalue weighted by molar-refractivity contribution is 7.89. The number of carbonyl (C=O) groups is 1. The van der Waals surface area contributed by atoms with E-state index in [1.54, 1.807) is 12.1 Å². The van der Waals surface area contributed by atoms with Crippen LogP contribution >= 0.6 is 0 Å². The maximum Gasteiger partial charge on any atom is 0.344 e. The van der Waals surface area contributed by atoms with E-state index in [4.69, 9.17) is 9.47 Å². The van der Waals surface area contributed by atoms with Crippen molar-refractivity contribution < 1.29 is 22.7 Å². The van der Waals surface area contributed by atoms with E-state index in [1.165, 1.54) is 20.2 Å². The van der Waals surface area contributed by atoms with Crippen LogP contribution in [-0.2, 0) is 39.1 Å². The van der Waals surface area contributed by atoms with Crippen molar-refractivity contribution >= 4 is 27.0 Å². The molecule has 8 nitrogen and oxygen atoms in total. The standard InChI is InChI=1S/C22H27N3O5S/c1-5-16-9-7-8-10-20(16)29-15-22(26)30-14-21-23-18-13-17(31(27,28)24(3)4)11-12-19(18)25(21)6-2/h7-13H,5-6,14-15H2,1-4H3. The monoisotopic (exact) mass is 445 g/mol. The van der Waals surface area contributed by atoms with Crippen LogP contribution in [0.1, 0.15) is 25.2 Å². The maximum atomic E-state index is 12.4. The van der Waals surface area contributed by atoms with E-state index in [2.05, 4.69) is 4.98 Å². The zero-order valence-corrected chi connectivity index (χ0v) is 19.0. The van der Waals surface area contributed by atoms with Gasteiger partial charge in [-0.05, 0) is 43.2 Å². The van der Waals surface area contributed by atoms with Crippen LogP contribution in [0.5, 0.6) is 5.75 Å². The van der Waals surface area contributed by atoms with E-state index in [9.17, 15) is 13.2 Å². The van der Waals surface area contributed by atoms with Gasteiger partial charge in [0.25, 0.3) is 0 Å². The summed E-state index contributed by atoms with van der Waals surface area (Å²) >= 11 is 0. The Balaban J connectivity index is 1.73. The van der Waals surface area contributed by atoms with Crippen LogP contribution in [0.15, 0.2) is 47.4 Å². The van der Waals surface area contributed by atoms with Crippen LogP contribution in [0, 0.1) is 0 Å². The first-order chi connectivity index (χ1) is 14.8. The van der Waals surface area contributed by atoms with Gasteiger partial charge in [-0.15, -0.1) is 0 Å². The summed E-state index contributed by atoms with van der Waals surface area (Å²) in [4.78, 5) is 16.9. The minimum Gasteiger partial charge on any atom is -0.482 e. The van der Waals surface area contributed by atoms with Gasteiger partial charge in [-0.2, -0.15) is 0 Å². The lowest BCUT2D eigenvalue weighted by Crippen LogP contribution is -2.22. The molecular formula is C22H27N3O5S. The SMILES string of the molecule is CCc1ccccc1OCC(=O)OCc1nc2cc(S(=O)(=O)N(C)C)ccc2n1CC. The number of aromatic nitrogens is 2. The number of fused-ring (bicyclic) bond motifs is 1. The molecule has 3 rings (SSSR count). The highest BCUT2D eigenvalue weighted by atomic mass is 32.2. The molecule has 0 aliphatic rings. The van der Waals surface area contributed by atoms with Gasteiger partial charge in [-0.1, -0.05) is 25.1 Å². The smallest absolute Gasteiger partial charge is 0.344 e. The summed E-state index contributed by atoms with van der Waals surface area (Å²) in [5.74, 6) is 0.702. The second-order valence-electron chi connectivity index (χ2n) is 7.12. The Kier molecular flexibility index (Phi) is 6.97. The molecule has 0 atom stereocenters. The number of carbonyl (C=O) groups excluding carboxylic acids is 1. The molecular weight excluding hydrogens is 418 g/mol. The summed E-state index contributed by atoms with van der Waals surface area (Å²) in [6, 6.07) is 12.4. The summed E-state index contributed by atoms with van der Waals surface area (Å²) in [6.45, 7) is 4.33. The molecule has 0 radical (unpaired) electrons. The van der Waals surface area contributed by atoms with E-state index >= 15 is 0 Å². The Morgan fingerprint density at radius 3 is 2.55 bits per heavy atom. The van der Waals surface area contributed by atoms with Gasteiger partial charge < -0.3 is 14.0 Å². The molecule has 1 heterocycles. The Morgan fingerprint density at radius 1 is 1.13 bits per heavy atom. The van der Waals surface area contributed by atoms with Crippen LogP contribution < -0.4 is 4.74 Å². The fourth-order valence-corrected chi connectivity index (χ4v) is 4.18. The lowest BCUT2D eigenvalue weighted by atomic mass is 10.1. The molecule has 0 amide bonds. The third kappa shape index (κ3) is 4.88. The molecule has 0 bridgehead atoms. The number of esters is 1. The number of hydrogen-bond acceptors (Lipinski definition) is 6. The fraction of sp³-hybridized carbons (Fsp3) is 0.364. The average Bonchev–Trinajstić information content (AvgIpc) is 3.12. The molecule has 1 aromatic heterocycles. The summed E-state index contributed by atoms with van der Waals surface area (Å²) in [5.41, 5.74) is 2.33. The quantitative estimate of drug-likeness (QED) is 0.470. The van der Waals surface area contributed by atoms with Crippen molar-refractivity contribution in [2.45, 2.75) is 38.3 Å². The largest absolute Gasteiger partial charge is 0.482 e. The zero-order valence-electron chi connectivity index (χ0n) is 18.2. The Labute approximate surface area is 182 Å². The molecule has 31 heavy (non-hydrogen) atoms. The highest BCUT2D eigenvalue weighted by Crippen LogP contribution is 2.23. The predicted octanol–water partition coefficient (Wildman–Crippen LogP) is 2.99. The predicted molar refractivity (Wildman–Crippen MR) is 117 cm³/mol. The van der Waals surface area contributed by atoms with E-state index in [0.717, 1.165) is 21.8 Å². The van der Waals surface area contributed by atoms with Crippen LogP contribution in [0.2, 0.25) is 0 Å². The van der Waals surface area contributed by atoms with Gasteiger partial charge in [0.05, 0.1) is 15.9 Å². The van der Waals surface area contributed by atoms with Crippen LogP contribution in [0.3, 0.4) is 0 Å². The van der Waals surface area contributed by atoms with Gasteiger partial charge in [0.2, 0.25) is 10.0 Å². The molecule has 9 heteroatoms. The normalized spacial score (nSPS) is 11.8. The molecule has 2 aromatic carbocycles. The van der Waals surface area contributed by atoms with Crippen molar-refractivity contribution in [3.8, 4) is 5.75 Å². The van der Waals surface area contributed by atoms with Crippen LogP contribution in [0.25, 0.3) is 11.0 Å². The van der Waals surface area contributed by atoms with Gasteiger partial charge in [0.15, 0.2) is 6.61 Å². The third-order valence-corrected chi connectivity index (χ3v) is 6.77. The van der Waals surface area contributed by atoms with Gasteiger partial charge in [0.1, 0.15) is 18.2 Å². The summed E-state index contributed by atoms with van der Waals surface area (Å²) in [5, 5.41) is 0. The average molecular weight is 446 g/mol. The van der Waals surface area contributed by atoms with Crippen LogP contribution in [-0.4, -0.2) is 48.9 Å². The number of ether oxygens (including phenoxy) is 2. The molecule has 0 spiro atoms. The van der Waals surface area contributed by atoms with Gasteiger partial charge in [0, 0.05) is 20.6 Å². The molecule has 0 N–H and O–H groups in total. The number of rotatable bonds is 9. The molecule has 0 unspecified atom stereocenters. The lowest BCUT2D eigenvalue weighted by Gasteiger charge is -2.11. The first-order valence-electron chi connectivity index (χ1n) is 10.1. The first-order valence-corrected chi connectivity index (χ1v) is 11.5. The highest BCUT2D eigenvalue weighted by Gasteiger charge is 2.20. The van der Waals surface area contributed by atoms with E-state index in [-0.39, 0.29) is 18.1 Å². The van der Waals surface area contributed by atoms with Crippen molar-refractivity contribution in [1.29, 1.82) is 0 Å². The Hall–Kier alpha value is -2.91. The number of imidazole rings is 1. The fourth-order valence-electron chi connectivity index (χ4n) is 3.25. The molecule has 0 aliphatic heterocycles. The number of benzene rings is 2. The van der Waals surface area contributed by atoms with Crippen molar-refractivity contribution in [1.82, 2.24) is 13.9 Å². The molecule has 0 fully saturated rings. The maximum absolute atomic E-state index is 12.4. The second-order valence-corrected chi connectivity index (χ2v) is 9.27. The van der Waals surface area contributed by atoms with Crippen molar-refractivity contribution in [3.05, 3.63) is 53.9 Å². The Morgan fingerprint density at radius 2 is 1.87 bits per heavy atom. The van der Waals surface area contributed by atoms with E-state index in [1.807, 2.05) is 42.7 Å². The molecule has 0 saturated heterocycles. The summed E-state index contributed by atoms with van der Waals surface area (Å²) in [6.07, 6.45) is 0.803. The molecule has 3 aromatic rings. The van der Waals surface area contributed by atoms with Gasteiger partial charge >= 0.3 is 5.97 Å². The third-order valence-electron chi connectivity index (χ3n) is 4.95. The zero-order chi connectivity index (χ0) is 22.6. The Bertz CT molecular complexity index is 1190. The van der Waals surface area contributed by atoms with Gasteiger partial charge in [-0.3, -0.25) is 0 Å². The van der Waals surface area contributed by atoms with Crippen molar-refractivity contribution in [3.63, 3.8) is 0 Å². The van der Waals surface area contributed by atoms with Crippen molar-refractivity contribution in [2.24, 2.45) is 0 Å². The second kappa shape index (κ2) is 9.49. The molecule has 166 valence electrons. The molecule has 0 saturated carbocycles. The van der Waals surface area contributed by atoms with E-state index in [0.29, 0.717) is 23.6 Å². The number of aryl methyl sites for hydroxylation is 2. The minimum atomic E-state index is -3.56. The number of para-hydroxylation sites is 1. The van der Waals surface area contributed by atoms with Gasteiger partial charge in [-0.25, -0.2) is 22.5 Å². The summed E-state index contributed by atoms with van der Waals surface area (Å²) < 4.78 is 38.8. The lowest BCUT2D eigenvalue weighted by molar-refractivity contribution is -0.147. The number of nitrogens with zero attached hydrogens (tertiary/aromatic N) is 3. The molecule has 0 aliphatic carbocycles. The summed E-state index contributed by atoms with van der Waals surface area (Å²) in [7, 11) is -0.597. The number of hydrogen-bond donors (Lipinski definition) is 0. The number of sulfonamides is 1. The first kappa shape index (κ1) is 22.8. The minimum absolute atomic E-state index is 0.0318. The van der Waals surface area contributed by atoms with Crippen molar-refractivity contribution in [2.75, 3.05) is 20.7 Å². The van der Waals surface area contributed by atoms with Crippen LogP contribution in [0.4, 0.5) is 0 Å².